The molecule has 0 N–H and O–H groups in total. The van der Waals surface area contributed by atoms with Crippen molar-refractivity contribution in [1.82, 2.24) is 14.9 Å². The molecule has 2 aromatic rings. The zero-order chi connectivity index (χ0) is 24.2. The Morgan fingerprint density at radius 1 is 1.15 bits per heavy atom. The number of carbonyl (C=O) groups is 1. The minimum absolute atomic E-state index is 0.177. The van der Waals surface area contributed by atoms with Gasteiger partial charge in [0.15, 0.2) is 0 Å². The number of likely N-dealkylation sites (N-methyl/N-ethyl adjacent to an activating group) is 1. The van der Waals surface area contributed by atoms with Gasteiger partial charge in [-0.3, -0.25) is 4.79 Å². The molecular formula is C26H34F2N4O2. The van der Waals surface area contributed by atoms with Gasteiger partial charge in [-0.05, 0) is 55.4 Å². The van der Waals surface area contributed by atoms with Gasteiger partial charge in [-0.15, -0.1) is 0 Å². The fourth-order valence-electron chi connectivity index (χ4n) is 4.87. The predicted octanol–water partition coefficient (Wildman–Crippen LogP) is 4.27. The third kappa shape index (κ3) is 5.83. The molecule has 184 valence electrons. The number of aromatic nitrogens is 2. The van der Waals surface area contributed by atoms with Gasteiger partial charge in [0.05, 0.1) is 13.0 Å². The van der Waals surface area contributed by atoms with E-state index >= 15 is 0 Å². The fourth-order valence-corrected chi connectivity index (χ4v) is 4.87. The smallest absolute Gasteiger partial charge is 0.226 e. The zero-order valence-electron chi connectivity index (χ0n) is 20.3. The highest BCUT2D eigenvalue weighted by Gasteiger charge is 2.43. The van der Waals surface area contributed by atoms with E-state index in [0.717, 1.165) is 50.3 Å². The Bertz CT molecular complexity index is 968. The summed E-state index contributed by atoms with van der Waals surface area (Å²) in [5, 5.41) is 0. The van der Waals surface area contributed by atoms with Gasteiger partial charge in [0.2, 0.25) is 11.9 Å². The van der Waals surface area contributed by atoms with Gasteiger partial charge < -0.3 is 14.5 Å². The number of hydrogen-bond acceptors (Lipinski definition) is 5. The summed E-state index contributed by atoms with van der Waals surface area (Å²) >= 11 is 0. The summed E-state index contributed by atoms with van der Waals surface area (Å²) in [4.78, 5) is 24.4. The van der Waals surface area contributed by atoms with Crippen LogP contribution in [0.25, 0.3) is 0 Å². The molecule has 0 spiro atoms. The van der Waals surface area contributed by atoms with Gasteiger partial charge in [0.1, 0.15) is 17.4 Å². The van der Waals surface area contributed by atoms with E-state index in [2.05, 4.69) is 21.8 Å². The molecule has 1 aliphatic heterocycles. The molecule has 1 amide bonds. The fraction of sp³-hybridized carbons (Fsp3) is 0.577. The first-order valence-corrected chi connectivity index (χ1v) is 12.2. The van der Waals surface area contributed by atoms with Crippen molar-refractivity contribution in [3.8, 4) is 5.75 Å². The molecule has 1 aromatic heterocycles. The number of hydrogen-bond donors (Lipinski definition) is 0. The molecule has 1 aliphatic carbocycles. The lowest BCUT2D eigenvalue weighted by molar-refractivity contribution is -0.128. The molecule has 2 aliphatic rings. The average molecular weight is 473 g/mol. The number of piperidine rings is 1. The maximum absolute atomic E-state index is 14.3. The Morgan fingerprint density at radius 3 is 2.38 bits per heavy atom. The Kier molecular flexibility index (Phi) is 7.63. The van der Waals surface area contributed by atoms with E-state index in [-0.39, 0.29) is 23.6 Å². The maximum atomic E-state index is 14.3. The molecule has 4 rings (SSSR count). The number of carbonyl (C=O) groups excluding carboxylic acids is 1. The molecule has 2 fully saturated rings. The quantitative estimate of drug-likeness (QED) is 0.546. The number of amides is 1. The molecule has 1 saturated heterocycles. The van der Waals surface area contributed by atoms with E-state index < -0.39 is 11.6 Å². The molecule has 6 nitrogen and oxygen atoms in total. The number of halogens is 2. The third-order valence-corrected chi connectivity index (χ3v) is 7.20. The summed E-state index contributed by atoms with van der Waals surface area (Å²) in [6.45, 7) is 4.50. The van der Waals surface area contributed by atoms with Gasteiger partial charge >= 0.3 is 0 Å². The van der Waals surface area contributed by atoms with Crippen LogP contribution in [0.15, 0.2) is 24.5 Å². The van der Waals surface area contributed by atoms with Crippen molar-refractivity contribution in [2.75, 3.05) is 38.7 Å². The summed E-state index contributed by atoms with van der Waals surface area (Å²) in [6.07, 6.45) is 8.85. The second-order valence-corrected chi connectivity index (χ2v) is 9.70. The number of anilines is 1. The highest BCUT2D eigenvalue weighted by Crippen LogP contribution is 2.49. The van der Waals surface area contributed by atoms with E-state index in [1.54, 1.807) is 14.1 Å². The predicted molar refractivity (Wildman–Crippen MR) is 127 cm³/mol. The van der Waals surface area contributed by atoms with E-state index in [4.69, 9.17) is 4.74 Å². The second-order valence-electron chi connectivity index (χ2n) is 9.70. The van der Waals surface area contributed by atoms with Gasteiger partial charge in [0, 0.05) is 57.3 Å². The lowest BCUT2D eigenvalue weighted by Crippen LogP contribution is -2.35. The molecule has 34 heavy (non-hydrogen) atoms. The first kappa shape index (κ1) is 24.4. The number of nitrogens with zero attached hydrogens (tertiary/aromatic N) is 4. The van der Waals surface area contributed by atoms with E-state index in [0.29, 0.717) is 24.4 Å². The van der Waals surface area contributed by atoms with Crippen molar-refractivity contribution in [3.05, 3.63) is 47.3 Å². The van der Waals surface area contributed by atoms with Gasteiger partial charge in [0.25, 0.3) is 0 Å². The summed E-state index contributed by atoms with van der Waals surface area (Å²) in [6, 6.07) is 2.35. The third-order valence-electron chi connectivity index (χ3n) is 7.20. The molecule has 2 heterocycles. The van der Waals surface area contributed by atoms with Crippen LogP contribution in [-0.2, 0) is 17.6 Å². The Labute approximate surface area is 200 Å². The summed E-state index contributed by atoms with van der Waals surface area (Å²) in [5.41, 5.74) is 0.939. The van der Waals surface area contributed by atoms with Crippen LogP contribution in [0, 0.1) is 29.4 Å². The van der Waals surface area contributed by atoms with Crippen LogP contribution >= 0.6 is 0 Å². The number of benzene rings is 1. The van der Waals surface area contributed by atoms with Crippen LogP contribution < -0.4 is 9.64 Å². The van der Waals surface area contributed by atoms with Crippen molar-refractivity contribution in [1.29, 1.82) is 0 Å². The molecule has 2 atom stereocenters. The lowest BCUT2D eigenvalue weighted by Gasteiger charge is -2.32. The Morgan fingerprint density at radius 2 is 1.79 bits per heavy atom. The Balaban J connectivity index is 1.20. The van der Waals surface area contributed by atoms with Crippen LogP contribution in [0.3, 0.4) is 0 Å². The largest absolute Gasteiger partial charge is 0.493 e. The maximum Gasteiger partial charge on any atom is 0.226 e. The van der Waals surface area contributed by atoms with Gasteiger partial charge in [-0.25, -0.2) is 18.7 Å². The standard InChI is InChI=1S/C26H34F2N4O2/c1-4-17-15-29-26(30-16-17)32-8-5-18(6-9-32)21-11-19(21)7-10-34-20-12-23(27)22(24(28)13-20)14-25(33)31(2)3/h12-13,15-16,18-19,21H,4-11,14H2,1-3H3/t19-,21+/m0/s1. The minimum atomic E-state index is -0.741. The molecule has 8 heteroatoms. The van der Waals surface area contributed by atoms with E-state index in [1.165, 1.54) is 23.5 Å². The summed E-state index contributed by atoms with van der Waals surface area (Å²) in [5.74, 6) is 1.21. The van der Waals surface area contributed by atoms with Crippen LogP contribution in [-0.4, -0.2) is 54.6 Å². The SMILES string of the molecule is CCc1cnc(N2CCC([C@H]3C[C@@H]3CCOc3cc(F)c(CC(=O)N(C)C)c(F)c3)CC2)nc1. The number of ether oxygens (including phenoxy) is 1. The normalized spacial score (nSPS) is 20.3. The summed E-state index contributed by atoms with van der Waals surface area (Å²) in [7, 11) is 3.12. The number of rotatable bonds is 9. The monoisotopic (exact) mass is 472 g/mol. The van der Waals surface area contributed by atoms with Gasteiger partial charge in [-0.1, -0.05) is 6.92 Å². The molecule has 1 saturated carbocycles. The first-order chi connectivity index (χ1) is 16.4. The van der Waals surface area contributed by atoms with Crippen LogP contribution in [0.2, 0.25) is 0 Å². The molecule has 0 radical (unpaired) electrons. The highest BCUT2D eigenvalue weighted by molar-refractivity contribution is 5.78. The highest BCUT2D eigenvalue weighted by atomic mass is 19.1. The molecule has 0 unspecified atom stereocenters. The van der Waals surface area contributed by atoms with Crippen molar-refractivity contribution in [2.24, 2.45) is 17.8 Å². The first-order valence-electron chi connectivity index (χ1n) is 12.2. The van der Waals surface area contributed by atoms with Crippen molar-refractivity contribution in [3.63, 3.8) is 0 Å². The zero-order valence-corrected chi connectivity index (χ0v) is 20.3. The van der Waals surface area contributed by atoms with Crippen LogP contribution in [0.4, 0.5) is 14.7 Å². The van der Waals surface area contributed by atoms with Crippen molar-refractivity contribution < 1.29 is 18.3 Å². The topological polar surface area (TPSA) is 58.6 Å². The number of aryl methyl sites for hydroxylation is 1. The molecule has 1 aromatic carbocycles. The second kappa shape index (κ2) is 10.7. The van der Waals surface area contributed by atoms with Crippen LogP contribution in [0.1, 0.15) is 43.7 Å². The molecular weight excluding hydrogens is 438 g/mol. The van der Waals surface area contributed by atoms with Crippen LogP contribution in [0.5, 0.6) is 5.75 Å². The summed E-state index contributed by atoms with van der Waals surface area (Å²) < 4.78 is 34.3. The van der Waals surface area contributed by atoms with Crippen molar-refractivity contribution >= 4 is 11.9 Å². The van der Waals surface area contributed by atoms with E-state index in [9.17, 15) is 13.6 Å². The van der Waals surface area contributed by atoms with Gasteiger partial charge in [-0.2, -0.15) is 0 Å². The average Bonchev–Trinajstić information content (AvgIpc) is 3.61. The van der Waals surface area contributed by atoms with E-state index in [1.807, 2.05) is 12.4 Å². The Hall–Kier alpha value is -2.77. The minimum Gasteiger partial charge on any atom is -0.493 e. The molecule has 0 bridgehead atoms. The lowest BCUT2D eigenvalue weighted by atomic mass is 9.90. The van der Waals surface area contributed by atoms with Crippen molar-refractivity contribution in [2.45, 2.75) is 45.4 Å².